The second-order valence-electron chi connectivity index (χ2n) is 7.36. The van der Waals surface area contributed by atoms with Crippen LogP contribution in [0, 0.1) is 19.7 Å². The van der Waals surface area contributed by atoms with Crippen molar-refractivity contribution in [3.05, 3.63) is 80.4 Å². The molecule has 1 heterocycles. The number of aromatic nitrogens is 1. The van der Waals surface area contributed by atoms with Crippen LogP contribution in [0.4, 0.5) is 15.1 Å². The Morgan fingerprint density at radius 1 is 1.10 bits per heavy atom. The quantitative estimate of drug-likeness (QED) is 0.434. The van der Waals surface area contributed by atoms with Crippen LogP contribution in [0.1, 0.15) is 45.5 Å². The molecule has 6 heteroatoms. The summed E-state index contributed by atoms with van der Waals surface area (Å²) in [5.41, 5.74) is 3.91. The van der Waals surface area contributed by atoms with Gasteiger partial charge in [-0.2, -0.15) is 0 Å². The summed E-state index contributed by atoms with van der Waals surface area (Å²) in [7, 11) is 0. The largest absolute Gasteiger partial charge is 0.328 e. The van der Waals surface area contributed by atoms with Gasteiger partial charge in [-0.05, 0) is 55.9 Å². The number of H-pyrrole nitrogens is 1. The minimum atomic E-state index is -0.450. The van der Waals surface area contributed by atoms with E-state index in [-0.39, 0.29) is 17.2 Å². The van der Waals surface area contributed by atoms with E-state index in [0.29, 0.717) is 23.1 Å². The number of hydrogen-bond acceptors (Lipinski definition) is 4. The molecule has 0 bridgehead atoms. The van der Waals surface area contributed by atoms with Crippen LogP contribution in [-0.4, -0.2) is 16.7 Å². The van der Waals surface area contributed by atoms with E-state index >= 15 is 0 Å². The molecule has 1 aliphatic carbocycles. The number of aryl methyl sites for hydroxylation is 1. The molecule has 0 unspecified atom stereocenters. The molecule has 1 aromatic heterocycles. The number of aromatic amines is 1. The number of hydrogen-bond donors (Lipinski definition) is 1. The van der Waals surface area contributed by atoms with Crippen molar-refractivity contribution in [1.82, 2.24) is 4.37 Å². The topological polar surface area (TPSA) is 53.2 Å². The van der Waals surface area contributed by atoms with Crippen molar-refractivity contribution in [3.8, 4) is 0 Å². The van der Waals surface area contributed by atoms with Gasteiger partial charge in [0.1, 0.15) is 10.8 Å². The number of anilines is 2. The third kappa shape index (κ3) is 3.93. The van der Waals surface area contributed by atoms with Crippen LogP contribution in [0.5, 0.6) is 0 Å². The first-order valence-electron chi connectivity index (χ1n) is 9.48. The van der Waals surface area contributed by atoms with E-state index in [9.17, 15) is 14.0 Å². The van der Waals surface area contributed by atoms with Crippen molar-refractivity contribution >= 4 is 40.7 Å². The highest BCUT2D eigenvalue weighted by atomic mass is 32.1. The fourth-order valence-electron chi connectivity index (χ4n) is 3.27. The van der Waals surface area contributed by atoms with E-state index in [1.54, 1.807) is 19.1 Å². The summed E-state index contributed by atoms with van der Waals surface area (Å²) in [6.07, 6.45) is 6.18. The summed E-state index contributed by atoms with van der Waals surface area (Å²) in [5, 5.41) is 0.778. The summed E-state index contributed by atoms with van der Waals surface area (Å²) < 4.78 is 17.4. The lowest BCUT2D eigenvalue weighted by Gasteiger charge is -2.25. The molecule has 1 aliphatic rings. The second-order valence-corrected chi connectivity index (χ2v) is 8.15. The van der Waals surface area contributed by atoms with Gasteiger partial charge in [0.25, 0.3) is 5.56 Å². The zero-order valence-corrected chi connectivity index (χ0v) is 17.1. The summed E-state index contributed by atoms with van der Waals surface area (Å²) in [6, 6.07) is 11.1. The van der Waals surface area contributed by atoms with Crippen molar-refractivity contribution in [2.75, 3.05) is 4.90 Å². The average Bonchev–Trinajstić information content (AvgIpc) is 3.50. The maximum atomic E-state index is 14.7. The SMILES string of the molecule is Cc1ccc(/C=C/c2cc(N(c3s[nH]c(=O)c3C)C3CC3)c(C=O)cc2F)cc1. The van der Waals surface area contributed by atoms with Crippen molar-refractivity contribution in [1.29, 1.82) is 0 Å². The van der Waals surface area contributed by atoms with Crippen LogP contribution in [-0.2, 0) is 0 Å². The lowest BCUT2D eigenvalue weighted by atomic mass is 10.1. The van der Waals surface area contributed by atoms with E-state index in [2.05, 4.69) is 4.37 Å². The molecule has 4 nitrogen and oxygen atoms in total. The van der Waals surface area contributed by atoms with Gasteiger partial charge in [-0.25, -0.2) is 4.39 Å². The van der Waals surface area contributed by atoms with E-state index < -0.39 is 5.82 Å². The van der Waals surface area contributed by atoms with Crippen LogP contribution in [0.25, 0.3) is 12.2 Å². The van der Waals surface area contributed by atoms with Gasteiger partial charge in [0.05, 0.1) is 11.3 Å². The Labute approximate surface area is 172 Å². The van der Waals surface area contributed by atoms with Gasteiger partial charge in [0.15, 0.2) is 6.29 Å². The Morgan fingerprint density at radius 2 is 1.83 bits per heavy atom. The molecule has 0 saturated heterocycles. The Kier molecular flexibility index (Phi) is 5.20. The average molecular weight is 408 g/mol. The number of nitrogens with zero attached hydrogens (tertiary/aromatic N) is 1. The molecule has 0 aliphatic heterocycles. The van der Waals surface area contributed by atoms with Gasteiger partial charge in [-0.15, -0.1) is 0 Å². The zero-order chi connectivity index (χ0) is 20.5. The molecule has 29 heavy (non-hydrogen) atoms. The highest BCUT2D eigenvalue weighted by Crippen LogP contribution is 2.42. The molecule has 1 fully saturated rings. The third-order valence-corrected chi connectivity index (χ3v) is 6.08. The minimum Gasteiger partial charge on any atom is -0.328 e. The molecule has 4 rings (SSSR count). The summed E-state index contributed by atoms with van der Waals surface area (Å²) in [4.78, 5) is 25.7. The van der Waals surface area contributed by atoms with Crippen LogP contribution >= 0.6 is 11.5 Å². The van der Waals surface area contributed by atoms with E-state index in [1.165, 1.54) is 17.6 Å². The Bertz CT molecular complexity index is 1140. The number of halogens is 1. The monoisotopic (exact) mass is 408 g/mol. The van der Waals surface area contributed by atoms with Crippen molar-refractivity contribution in [2.24, 2.45) is 0 Å². The fraction of sp³-hybridized carbons (Fsp3) is 0.217. The first kappa shape index (κ1) is 19.3. The van der Waals surface area contributed by atoms with Crippen molar-refractivity contribution in [2.45, 2.75) is 32.7 Å². The van der Waals surface area contributed by atoms with E-state index in [1.807, 2.05) is 42.2 Å². The third-order valence-electron chi connectivity index (χ3n) is 5.10. The fourth-order valence-corrected chi connectivity index (χ4v) is 4.20. The Morgan fingerprint density at radius 3 is 2.41 bits per heavy atom. The maximum absolute atomic E-state index is 14.7. The molecule has 3 aromatic rings. The normalized spacial score (nSPS) is 13.8. The first-order chi connectivity index (χ1) is 14.0. The molecule has 0 spiro atoms. The number of nitrogens with one attached hydrogen (secondary N) is 1. The molecule has 1 N–H and O–H groups in total. The van der Waals surface area contributed by atoms with Crippen molar-refractivity contribution < 1.29 is 9.18 Å². The number of rotatable bonds is 6. The van der Waals surface area contributed by atoms with Gasteiger partial charge in [0.2, 0.25) is 0 Å². The van der Waals surface area contributed by atoms with Gasteiger partial charge < -0.3 is 4.90 Å². The lowest BCUT2D eigenvalue weighted by molar-refractivity contribution is 0.112. The maximum Gasteiger partial charge on any atom is 0.263 e. The highest BCUT2D eigenvalue weighted by Gasteiger charge is 2.34. The first-order valence-corrected chi connectivity index (χ1v) is 10.3. The van der Waals surface area contributed by atoms with Gasteiger partial charge in [-0.1, -0.05) is 42.0 Å². The number of aldehydes is 1. The smallest absolute Gasteiger partial charge is 0.263 e. The molecule has 0 atom stereocenters. The minimum absolute atomic E-state index is 0.134. The van der Waals surface area contributed by atoms with Crippen LogP contribution in [0.3, 0.4) is 0 Å². The second kappa shape index (κ2) is 7.79. The Balaban J connectivity index is 1.78. The van der Waals surface area contributed by atoms with Crippen LogP contribution in [0.15, 0.2) is 41.2 Å². The zero-order valence-electron chi connectivity index (χ0n) is 16.2. The van der Waals surface area contributed by atoms with Gasteiger partial charge in [-0.3, -0.25) is 14.0 Å². The molecule has 2 aromatic carbocycles. The van der Waals surface area contributed by atoms with Gasteiger partial charge in [0, 0.05) is 17.2 Å². The molecule has 0 amide bonds. The predicted octanol–water partition coefficient (Wildman–Crippen LogP) is 5.48. The number of carbonyl (C=O) groups is 1. The van der Waals surface area contributed by atoms with Gasteiger partial charge >= 0.3 is 0 Å². The molecule has 148 valence electrons. The standard InChI is InChI=1S/C23H21FN2O2S/c1-14-3-5-16(6-4-14)7-8-17-12-21(18(13-27)11-20(17)24)26(19-9-10-19)23-15(2)22(28)25-29-23/h3-8,11-13,19H,9-10H2,1-2H3,(H,25,28)/b8-7+. The molecular weight excluding hydrogens is 387 g/mol. The lowest BCUT2D eigenvalue weighted by Crippen LogP contribution is -2.22. The Hall–Kier alpha value is -2.99. The molecule has 1 saturated carbocycles. The number of carbonyl (C=O) groups excluding carboxylic acids is 1. The van der Waals surface area contributed by atoms with E-state index in [4.69, 9.17) is 0 Å². The van der Waals surface area contributed by atoms with Crippen molar-refractivity contribution in [3.63, 3.8) is 0 Å². The van der Waals surface area contributed by atoms with E-state index in [0.717, 1.165) is 29.0 Å². The highest BCUT2D eigenvalue weighted by molar-refractivity contribution is 7.10. The summed E-state index contributed by atoms with van der Waals surface area (Å²) in [5.74, 6) is -0.450. The summed E-state index contributed by atoms with van der Waals surface area (Å²) in [6.45, 7) is 3.78. The van der Waals surface area contributed by atoms with Crippen LogP contribution in [0.2, 0.25) is 0 Å². The predicted molar refractivity (Wildman–Crippen MR) is 117 cm³/mol. The molecule has 0 radical (unpaired) electrons. The molecular formula is C23H21FN2O2S. The number of benzene rings is 2. The van der Waals surface area contributed by atoms with Crippen LogP contribution < -0.4 is 10.5 Å². The summed E-state index contributed by atoms with van der Waals surface area (Å²) >= 11 is 1.25.